The van der Waals surface area contributed by atoms with E-state index in [-0.39, 0.29) is 34.6 Å². The minimum atomic E-state index is -0.453. The zero-order chi connectivity index (χ0) is 23.0. The number of ether oxygens (including phenoxy) is 2. The fraction of sp³-hybridized carbons (Fsp3) is 0.280. The molecule has 1 amide bonds. The molecule has 0 aliphatic heterocycles. The van der Waals surface area contributed by atoms with Crippen LogP contribution in [0.25, 0.3) is 16.7 Å². The lowest BCUT2D eigenvalue weighted by Crippen LogP contribution is -2.27. The van der Waals surface area contributed by atoms with Crippen LogP contribution in [0.1, 0.15) is 41.3 Å². The Kier molecular flexibility index (Phi) is 5.65. The third-order valence-electron chi connectivity index (χ3n) is 5.72. The Hall–Kier alpha value is -3.74. The molecule has 7 nitrogen and oxygen atoms in total. The number of rotatable bonds is 6. The standard InChI is InChI=1S/C25H24N2O5/c1-13-11-16(20-14(2)21(28)23(31-3)24(32-4)22(20)29)12-18(25(30)27-17-5-6-17)19(13)15-7-9-26-10-8-15/h7-12,17H,5-6H2,1-4H3,(H,27,30). The highest BCUT2D eigenvalue weighted by molar-refractivity contribution is 6.38. The molecule has 0 saturated heterocycles. The molecule has 1 aromatic heterocycles. The number of hydrogen-bond donors (Lipinski definition) is 1. The van der Waals surface area contributed by atoms with Crippen molar-refractivity contribution in [3.05, 3.63) is 70.4 Å². The number of ketones is 2. The van der Waals surface area contributed by atoms with Crippen LogP contribution >= 0.6 is 0 Å². The predicted molar refractivity (Wildman–Crippen MR) is 119 cm³/mol. The summed E-state index contributed by atoms with van der Waals surface area (Å²) in [6.45, 7) is 3.46. The van der Waals surface area contributed by atoms with Crippen LogP contribution in [0.5, 0.6) is 0 Å². The molecule has 164 valence electrons. The van der Waals surface area contributed by atoms with E-state index >= 15 is 0 Å². The number of Topliss-reactive ketones (excluding diaryl/α,β-unsaturated/α-hetero) is 2. The van der Waals surface area contributed by atoms with Gasteiger partial charge in [-0.15, -0.1) is 0 Å². The zero-order valence-electron chi connectivity index (χ0n) is 18.4. The van der Waals surface area contributed by atoms with E-state index in [0.717, 1.165) is 29.5 Å². The van der Waals surface area contributed by atoms with Crippen molar-refractivity contribution in [3.63, 3.8) is 0 Å². The number of pyridine rings is 1. The van der Waals surface area contributed by atoms with Gasteiger partial charge in [-0.1, -0.05) is 6.07 Å². The van der Waals surface area contributed by atoms with Gasteiger partial charge in [0, 0.05) is 35.1 Å². The number of hydrogen-bond acceptors (Lipinski definition) is 6. The van der Waals surface area contributed by atoms with E-state index in [9.17, 15) is 14.4 Å². The Morgan fingerprint density at radius 3 is 2.19 bits per heavy atom. The number of benzene rings is 1. The summed E-state index contributed by atoms with van der Waals surface area (Å²) in [7, 11) is 2.65. The maximum Gasteiger partial charge on any atom is 0.252 e. The smallest absolute Gasteiger partial charge is 0.252 e. The highest BCUT2D eigenvalue weighted by Gasteiger charge is 2.36. The predicted octanol–water partition coefficient (Wildman–Crippen LogP) is 3.38. The minimum Gasteiger partial charge on any atom is -0.489 e. The normalized spacial score (nSPS) is 16.4. The Bertz CT molecular complexity index is 1190. The Morgan fingerprint density at radius 2 is 1.59 bits per heavy atom. The van der Waals surface area contributed by atoms with Crippen LogP contribution in [0.2, 0.25) is 0 Å². The van der Waals surface area contributed by atoms with Crippen molar-refractivity contribution in [2.24, 2.45) is 0 Å². The summed E-state index contributed by atoms with van der Waals surface area (Å²) in [6, 6.07) is 7.34. The van der Waals surface area contributed by atoms with E-state index in [0.29, 0.717) is 11.1 Å². The lowest BCUT2D eigenvalue weighted by Gasteiger charge is -2.22. The van der Waals surface area contributed by atoms with Crippen molar-refractivity contribution in [1.82, 2.24) is 10.3 Å². The molecule has 1 saturated carbocycles. The average Bonchev–Trinajstić information content (AvgIpc) is 3.60. The molecule has 1 N–H and O–H groups in total. The molecule has 4 rings (SSSR count). The summed E-state index contributed by atoms with van der Waals surface area (Å²) in [5.41, 5.74) is 3.80. The number of nitrogens with zero attached hydrogens (tertiary/aromatic N) is 1. The molecule has 0 atom stereocenters. The molecule has 2 aliphatic carbocycles. The maximum absolute atomic E-state index is 13.2. The van der Waals surface area contributed by atoms with Crippen LogP contribution < -0.4 is 5.32 Å². The summed E-state index contributed by atoms with van der Waals surface area (Å²) in [5.74, 6) is -1.34. The van der Waals surface area contributed by atoms with Crippen molar-refractivity contribution in [1.29, 1.82) is 0 Å². The van der Waals surface area contributed by atoms with Gasteiger partial charge in [0.15, 0.2) is 0 Å². The third kappa shape index (κ3) is 3.70. The number of allylic oxidation sites excluding steroid dienone is 2. The first-order valence-electron chi connectivity index (χ1n) is 10.4. The second-order valence-electron chi connectivity index (χ2n) is 7.92. The number of amides is 1. The summed E-state index contributed by atoms with van der Waals surface area (Å²) in [5, 5.41) is 3.03. The molecule has 0 spiro atoms. The van der Waals surface area contributed by atoms with E-state index in [1.807, 2.05) is 25.1 Å². The van der Waals surface area contributed by atoms with Gasteiger partial charge in [-0.2, -0.15) is 0 Å². The molecule has 7 heteroatoms. The summed E-state index contributed by atoms with van der Waals surface area (Å²) >= 11 is 0. The fourth-order valence-electron chi connectivity index (χ4n) is 4.00. The SMILES string of the molecule is COC1=C(OC)C(=O)C(c2cc(C)c(-c3ccncc3)c(C(=O)NC3CC3)c2)=C(C)C1=O. The largest absolute Gasteiger partial charge is 0.489 e. The van der Waals surface area contributed by atoms with E-state index < -0.39 is 11.6 Å². The van der Waals surface area contributed by atoms with Gasteiger partial charge in [0.05, 0.1) is 14.2 Å². The van der Waals surface area contributed by atoms with Crippen LogP contribution in [0.3, 0.4) is 0 Å². The van der Waals surface area contributed by atoms with Crippen LogP contribution in [0.4, 0.5) is 0 Å². The van der Waals surface area contributed by atoms with Gasteiger partial charge in [-0.05, 0) is 67.1 Å². The summed E-state index contributed by atoms with van der Waals surface area (Å²) in [4.78, 5) is 43.3. The van der Waals surface area contributed by atoms with Crippen molar-refractivity contribution in [3.8, 4) is 11.1 Å². The lowest BCUT2D eigenvalue weighted by molar-refractivity contribution is -0.119. The van der Waals surface area contributed by atoms with Gasteiger partial charge in [0.1, 0.15) is 0 Å². The van der Waals surface area contributed by atoms with Crippen LogP contribution in [-0.2, 0) is 19.1 Å². The first kappa shape index (κ1) is 21.5. The number of carbonyl (C=O) groups is 3. The molecule has 32 heavy (non-hydrogen) atoms. The molecule has 0 bridgehead atoms. The summed E-state index contributed by atoms with van der Waals surface area (Å²) < 4.78 is 10.3. The first-order valence-corrected chi connectivity index (χ1v) is 10.4. The van der Waals surface area contributed by atoms with Crippen LogP contribution in [0.15, 0.2) is 53.8 Å². The van der Waals surface area contributed by atoms with Crippen molar-refractivity contribution >= 4 is 23.0 Å². The van der Waals surface area contributed by atoms with E-state index in [1.54, 1.807) is 25.4 Å². The van der Waals surface area contributed by atoms with E-state index in [1.165, 1.54) is 14.2 Å². The van der Waals surface area contributed by atoms with Crippen molar-refractivity contribution < 1.29 is 23.9 Å². The molecule has 1 heterocycles. The van der Waals surface area contributed by atoms with Gasteiger partial charge in [-0.3, -0.25) is 19.4 Å². The highest BCUT2D eigenvalue weighted by Crippen LogP contribution is 2.36. The van der Waals surface area contributed by atoms with E-state index in [4.69, 9.17) is 9.47 Å². The second-order valence-corrected chi connectivity index (χ2v) is 7.92. The Labute approximate surface area is 186 Å². The fourth-order valence-corrected chi connectivity index (χ4v) is 4.00. The Balaban J connectivity index is 1.90. The topological polar surface area (TPSA) is 94.6 Å². The molecule has 0 radical (unpaired) electrons. The van der Waals surface area contributed by atoms with Crippen LogP contribution in [-0.4, -0.2) is 42.7 Å². The minimum absolute atomic E-state index is 0.115. The molecule has 2 aromatic rings. The molecular weight excluding hydrogens is 408 g/mol. The van der Waals surface area contributed by atoms with Crippen molar-refractivity contribution in [2.75, 3.05) is 14.2 Å². The van der Waals surface area contributed by atoms with Crippen molar-refractivity contribution in [2.45, 2.75) is 32.7 Å². The maximum atomic E-state index is 13.2. The van der Waals surface area contributed by atoms with Gasteiger partial charge in [-0.25, -0.2) is 0 Å². The number of carbonyl (C=O) groups excluding carboxylic acids is 3. The van der Waals surface area contributed by atoms with Gasteiger partial charge in [0.25, 0.3) is 5.91 Å². The molecule has 0 unspecified atom stereocenters. The first-order chi connectivity index (χ1) is 15.4. The second kappa shape index (κ2) is 8.42. The number of aryl methyl sites for hydroxylation is 1. The molecular formula is C25H24N2O5. The van der Waals surface area contributed by atoms with Gasteiger partial charge < -0.3 is 14.8 Å². The van der Waals surface area contributed by atoms with Gasteiger partial charge in [0.2, 0.25) is 23.1 Å². The number of aromatic nitrogens is 1. The monoisotopic (exact) mass is 432 g/mol. The zero-order valence-corrected chi connectivity index (χ0v) is 18.4. The quantitative estimate of drug-likeness (QED) is 0.704. The lowest BCUT2D eigenvalue weighted by atomic mass is 9.84. The van der Waals surface area contributed by atoms with E-state index in [2.05, 4.69) is 10.3 Å². The molecule has 1 fully saturated rings. The number of methoxy groups -OCH3 is 2. The Morgan fingerprint density at radius 1 is 0.969 bits per heavy atom. The van der Waals surface area contributed by atoms with Crippen LogP contribution in [0, 0.1) is 6.92 Å². The molecule has 2 aliphatic rings. The van der Waals surface area contributed by atoms with Gasteiger partial charge >= 0.3 is 0 Å². The molecule has 1 aromatic carbocycles. The highest BCUT2D eigenvalue weighted by atomic mass is 16.5. The summed E-state index contributed by atoms with van der Waals surface area (Å²) in [6.07, 6.45) is 5.24. The third-order valence-corrected chi connectivity index (χ3v) is 5.72. The average molecular weight is 432 g/mol. The number of nitrogens with one attached hydrogen (secondary N) is 1.